The van der Waals surface area contributed by atoms with Crippen LogP contribution >= 0.6 is 0 Å². The zero-order chi connectivity index (χ0) is 14.1. The van der Waals surface area contributed by atoms with Crippen molar-refractivity contribution >= 4 is 11.8 Å². The molecule has 19 heavy (non-hydrogen) atoms. The molecule has 0 spiro atoms. The number of carbonyl (C=O) groups excluding carboxylic acids is 1. The van der Waals surface area contributed by atoms with Gasteiger partial charge in [0, 0.05) is 19.3 Å². The highest BCUT2D eigenvalue weighted by Gasteiger charge is 2.11. The summed E-state index contributed by atoms with van der Waals surface area (Å²) < 4.78 is 10.1. The lowest BCUT2D eigenvalue weighted by Gasteiger charge is -2.11. The third-order valence-electron chi connectivity index (χ3n) is 2.43. The van der Waals surface area contributed by atoms with Crippen molar-refractivity contribution in [3.05, 3.63) is 23.9 Å². The number of aromatic nitrogens is 1. The standard InChI is InChI=1S/C13H21N3O3/c1-16(2)8-10-19-9-7-15-12-11(13(17)18-3)5-4-6-14-12/h4-6H,7-10H2,1-3H3,(H,14,15). The fraction of sp³-hybridized carbons (Fsp3) is 0.538. The molecule has 1 aromatic heterocycles. The topological polar surface area (TPSA) is 63.7 Å². The summed E-state index contributed by atoms with van der Waals surface area (Å²) in [6, 6.07) is 3.37. The first-order valence-electron chi connectivity index (χ1n) is 6.15. The molecule has 6 heteroatoms. The number of anilines is 1. The van der Waals surface area contributed by atoms with Gasteiger partial charge < -0.3 is 19.7 Å². The highest BCUT2D eigenvalue weighted by Crippen LogP contribution is 2.11. The number of nitrogens with one attached hydrogen (secondary N) is 1. The van der Waals surface area contributed by atoms with Crippen molar-refractivity contribution < 1.29 is 14.3 Å². The molecule has 0 bridgehead atoms. The SMILES string of the molecule is COC(=O)c1cccnc1NCCOCCN(C)C. The molecule has 1 aromatic rings. The van der Waals surface area contributed by atoms with Gasteiger partial charge in [0.15, 0.2) is 0 Å². The van der Waals surface area contributed by atoms with Crippen molar-refractivity contribution in [2.45, 2.75) is 0 Å². The molecule has 0 aliphatic rings. The molecule has 6 nitrogen and oxygen atoms in total. The van der Waals surface area contributed by atoms with Gasteiger partial charge in [-0.3, -0.25) is 0 Å². The molecule has 0 aromatic carbocycles. The predicted molar refractivity (Wildman–Crippen MR) is 73.4 cm³/mol. The first-order valence-corrected chi connectivity index (χ1v) is 6.15. The number of likely N-dealkylation sites (N-methyl/N-ethyl adjacent to an activating group) is 1. The van der Waals surface area contributed by atoms with E-state index < -0.39 is 5.97 Å². The Hall–Kier alpha value is -1.66. The Bertz CT molecular complexity index is 396. The van der Waals surface area contributed by atoms with Gasteiger partial charge in [-0.2, -0.15) is 0 Å². The average Bonchev–Trinajstić information content (AvgIpc) is 2.42. The van der Waals surface area contributed by atoms with Gasteiger partial charge in [0.25, 0.3) is 0 Å². The van der Waals surface area contributed by atoms with Crippen LogP contribution in [0.15, 0.2) is 18.3 Å². The number of rotatable bonds is 8. The zero-order valence-electron chi connectivity index (χ0n) is 11.7. The maximum atomic E-state index is 11.5. The number of esters is 1. The van der Waals surface area contributed by atoms with Gasteiger partial charge in [-0.15, -0.1) is 0 Å². The largest absolute Gasteiger partial charge is 0.465 e. The minimum atomic E-state index is -0.399. The van der Waals surface area contributed by atoms with Gasteiger partial charge in [0.1, 0.15) is 11.4 Å². The Morgan fingerprint density at radius 2 is 2.21 bits per heavy atom. The van der Waals surface area contributed by atoms with Gasteiger partial charge in [-0.05, 0) is 26.2 Å². The van der Waals surface area contributed by atoms with E-state index in [0.717, 1.165) is 6.54 Å². The fourth-order valence-corrected chi connectivity index (χ4v) is 1.41. The summed E-state index contributed by atoms with van der Waals surface area (Å²) in [5.74, 6) is 0.120. The highest BCUT2D eigenvalue weighted by molar-refractivity contribution is 5.94. The first-order chi connectivity index (χ1) is 9.15. The molecule has 0 radical (unpaired) electrons. The van der Waals surface area contributed by atoms with Crippen molar-refractivity contribution in [2.75, 3.05) is 52.8 Å². The molecule has 1 N–H and O–H groups in total. The van der Waals surface area contributed by atoms with Crippen LogP contribution in [0.2, 0.25) is 0 Å². The van der Waals surface area contributed by atoms with Crippen LogP contribution in [0.5, 0.6) is 0 Å². The lowest BCUT2D eigenvalue weighted by Crippen LogP contribution is -2.20. The molecular weight excluding hydrogens is 246 g/mol. The second-order valence-corrected chi connectivity index (χ2v) is 4.23. The molecule has 0 aliphatic heterocycles. The summed E-state index contributed by atoms with van der Waals surface area (Å²) >= 11 is 0. The van der Waals surface area contributed by atoms with E-state index in [-0.39, 0.29) is 0 Å². The van der Waals surface area contributed by atoms with Crippen LogP contribution in [0.3, 0.4) is 0 Å². The summed E-state index contributed by atoms with van der Waals surface area (Å²) in [6.45, 7) is 2.72. The molecule has 0 saturated carbocycles. The van der Waals surface area contributed by atoms with E-state index in [0.29, 0.717) is 31.1 Å². The Balaban J connectivity index is 2.35. The summed E-state index contributed by atoms with van der Waals surface area (Å²) in [7, 11) is 5.35. The summed E-state index contributed by atoms with van der Waals surface area (Å²) in [4.78, 5) is 17.7. The second-order valence-electron chi connectivity index (χ2n) is 4.23. The monoisotopic (exact) mass is 267 g/mol. The molecule has 1 rings (SSSR count). The van der Waals surface area contributed by atoms with Crippen molar-refractivity contribution in [1.29, 1.82) is 0 Å². The molecule has 106 valence electrons. The van der Waals surface area contributed by atoms with Crippen LogP contribution in [0.1, 0.15) is 10.4 Å². The Morgan fingerprint density at radius 1 is 1.42 bits per heavy atom. The minimum absolute atomic E-state index is 0.399. The Kier molecular flexibility index (Phi) is 6.84. The molecule has 0 atom stereocenters. The van der Waals surface area contributed by atoms with Crippen molar-refractivity contribution in [3.8, 4) is 0 Å². The van der Waals surface area contributed by atoms with E-state index in [1.165, 1.54) is 7.11 Å². The van der Waals surface area contributed by atoms with Crippen LogP contribution in [0.25, 0.3) is 0 Å². The molecule has 1 heterocycles. The van der Waals surface area contributed by atoms with E-state index in [1.54, 1.807) is 18.3 Å². The van der Waals surface area contributed by atoms with E-state index in [4.69, 9.17) is 9.47 Å². The van der Waals surface area contributed by atoms with E-state index in [1.807, 2.05) is 14.1 Å². The number of methoxy groups -OCH3 is 1. The molecular formula is C13H21N3O3. The number of hydrogen-bond acceptors (Lipinski definition) is 6. The Morgan fingerprint density at radius 3 is 2.89 bits per heavy atom. The number of hydrogen-bond donors (Lipinski definition) is 1. The molecule has 0 amide bonds. The van der Waals surface area contributed by atoms with Gasteiger partial charge in [0.2, 0.25) is 0 Å². The van der Waals surface area contributed by atoms with Crippen LogP contribution in [-0.2, 0) is 9.47 Å². The second kappa shape index (κ2) is 8.44. The molecule has 0 unspecified atom stereocenters. The number of carbonyl (C=O) groups is 1. The van der Waals surface area contributed by atoms with E-state index in [9.17, 15) is 4.79 Å². The fourth-order valence-electron chi connectivity index (χ4n) is 1.41. The van der Waals surface area contributed by atoms with Crippen molar-refractivity contribution in [3.63, 3.8) is 0 Å². The normalized spacial score (nSPS) is 10.5. The lowest BCUT2D eigenvalue weighted by atomic mass is 10.2. The maximum absolute atomic E-state index is 11.5. The van der Waals surface area contributed by atoms with Crippen LogP contribution in [0, 0.1) is 0 Å². The summed E-state index contributed by atoms with van der Waals surface area (Å²) in [6.07, 6.45) is 1.63. The quantitative estimate of drug-likeness (QED) is 0.557. The van der Waals surface area contributed by atoms with Gasteiger partial charge in [-0.25, -0.2) is 9.78 Å². The Labute approximate surface area is 113 Å². The summed E-state index contributed by atoms with van der Waals surface area (Å²) in [5, 5.41) is 3.07. The predicted octanol–water partition coefficient (Wildman–Crippen LogP) is 0.858. The van der Waals surface area contributed by atoms with Crippen molar-refractivity contribution in [2.24, 2.45) is 0 Å². The zero-order valence-corrected chi connectivity index (χ0v) is 11.7. The third kappa shape index (κ3) is 5.67. The lowest BCUT2D eigenvalue weighted by molar-refractivity contribution is 0.0601. The number of ether oxygens (including phenoxy) is 2. The van der Waals surface area contributed by atoms with E-state index >= 15 is 0 Å². The minimum Gasteiger partial charge on any atom is -0.465 e. The molecule has 0 fully saturated rings. The third-order valence-corrected chi connectivity index (χ3v) is 2.43. The summed E-state index contributed by atoms with van der Waals surface area (Å²) in [5.41, 5.74) is 0.429. The smallest absolute Gasteiger partial charge is 0.341 e. The number of pyridine rings is 1. The van der Waals surface area contributed by atoms with E-state index in [2.05, 4.69) is 15.2 Å². The van der Waals surface area contributed by atoms with Crippen LogP contribution < -0.4 is 5.32 Å². The average molecular weight is 267 g/mol. The highest BCUT2D eigenvalue weighted by atomic mass is 16.5. The van der Waals surface area contributed by atoms with Crippen LogP contribution in [0.4, 0.5) is 5.82 Å². The number of nitrogens with zero attached hydrogens (tertiary/aromatic N) is 2. The maximum Gasteiger partial charge on any atom is 0.341 e. The van der Waals surface area contributed by atoms with Crippen LogP contribution in [-0.4, -0.2) is 63.4 Å². The van der Waals surface area contributed by atoms with Gasteiger partial charge >= 0.3 is 5.97 Å². The molecule has 0 saturated heterocycles. The van der Waals surface area contributed by atoms with Gasteiger partial charge in [0.05, 0.1) is 20.3 Å². The van der Waals surface area contributed by atoms with Crippen molar-refractivity contribution in [1.82, 2.24) is 9.88 Å². The van der Waals surface area contributed by atoms with Gasteiger partial charge in [-0.1, -0.05) is 0 Å². The molecule has 0 aliphatic carbocycles. The first kappa shape index (κ1) is 15.4.